The fraction of sp³-hybridized carbons (Fsp3) is 0.227. The van der Waals surface area contributed by atoms with Crippen LogP contribution in [0.3, 0.4) is 0 Å². The minimum absolute atomic E-state index is 0.121. The van der Waals surface area contributed by atoms with Gasteiger partial charge in [-0.3, -0.25) is 14.4 Å². The van der Waals surface area contributed by atoms with Crippen LogP contribution in [-0.4, -0.2) is 49.6 Å². The lowest BCUT2D eigenvalue weighted by molar-refractivity contribution is -0.121. The van der Waals surface area contributed by atoms with Gasteiger partial charge in [0.25, 0.3) is 11.5 Å². The molecule has 1 aliphatic rings. The highest BCUT2D eigenvalue weighted by Gasteiger charge is 2.29. The van der Waals surface area contributed by atoms with E-state index in [1.165, 1.54) is 23.5 Å². The summed E-state index contributed by atoms with van der Waals surface area (Å²) in [5.74, 6) is -0.197. The molecule has 0 atom stereocenters. The number of aromatic amines is 1. The minimum atomic E-state index is -0.279. The van der Waals surface area contributed by atoms with Gasteiger partial charge in [0.15, 0.2) is 11.4 Å². The minimum Gasteiger partial charge on any atom is -0.459 e. The molecule has 2 N–H and O–H groups in total. The lowest BCUT2D eigenvalue weighted by Gasteiger charge is -2.30. The maximum Gasteiger partial charge on any atom is 0.289 e. The molecule has 1 saturated heterocycles. The van der Waals surface area contributed by atoms with Gasteiger partial charge in [-0.2, -0.15) is 5.10 Å². The van der Waals surface area contributed by atoms with Gasteiger partial charge in [-0.1, -0.05) is 12.1 Å². The normalized spacial score (nSPS) is 14.6. The third-order valence-electron chi connectivity index (χ3n) is 5.65. The topological polar surface area (TPSA) is 126 Å². The van der Waals surface area contributed by atoms with Crippen molar-refractivity contribution in [3.8, 4) is 5.69 Å². The number of benzene rings is 1. The van der Waals surface area contributed by atoms with Gasteiger partial charge in [0.2, 0.25) is 5.91 Å². The van der Waals surface area contributed by atoms with E-state index >= 15 is 0 Å². The first-order chi connectivity index (χ1) is 15.6. The molecule has 10 nitrogen and oxygen atoms in total. The Bertz CT molecular complexity index is 1330. The Hall–Kier alpha value is -4.21. The van der Waals surface area contributed by atoms with Crippen molar-refractivity contribution < 1.29 is 14.0 Å². The number of furan rings is 1. The summed E-state index contributed by atoms with van der Waals surface area (Å²) in [6, 6.07) is 10.5. The van der Waals surface area contributed by atoms with Crippen molar-refractivity contribution in [2.45, 2.75) is 12.8 Å². The number of anilines is 1. The number of H-pyrrole nitrogens is 1. The van der Waals surface area contributed by atoms with E-state index in [1.54, 1.807) is 29.2 Å². The van der Waals surface area contributed by atoms with Crippen molar-refractivity contribution in [1.82, 2.24) is 24.6 Å². The van der Waals surface area contributed by atoms with Gasteiger partial charge in [-0.25, -0.2) is 9.67 Å². The number of aromatic nitrogens is 4. The number of likely N-dealkylation sites (tertiary alicyclic amines) is 1. The summed E-state index contributed by atoms with van der Waals surface area (Å²) >= 11 is 0. The highest BCUT2D eigenvalue weighted by molar-refractivity contribution is 5.95. The zero-order valence-electron chi connectivity index (χ0n) is 17.0. The van der Waals surface area contributed by atoms with E-state index in [4.69, 9.17) is 4.42 Å². The van der Waals surface area contributed by atoms with E-state index in [2.05, 4.69) is 20.4 Å². The number of fused-ring (bicyclic) bond motifs is 1. The first-order valence-electron chi connectivity index (χ1n) is 10.3. The highest BCUT2D eigenvalue weighted by atomic mass is 16.3. The maximum atomic E-state index is 13.0. The van der Waals surface area contributed by atoms with Crippen molar-refractivity contribution in [2.24, 2.45) is 5.92 Å². The van der Waals surface area contributed by atoms with E-state index < -0.39 is 0 Å². The molecular weight excluding hydrogens is 412 g/mol. The second kappa shape index (κ2) is 8.14. The molecule has 0 aliphatic carbocycles. The van der Waals surface area contributed by atoms with Gasteiger partial charge in [-0.15, -0.1) is 0 Å². The number of piperidine rings is 1. The smallest absolute Gasteiger partial charge is 0.289 e. The van der Waals surface area contributed by atoms with E-state index in [9.17, 15) is 14.4 Å². The molecule has 5 rings (SSSR count). The predicted octanol–water partition coefficient (Wildman–Crippen LogP) is 2.19. The molecule has 4 aromatic rings. The average Bonchev–Trinajstić information content (AvgIpc) is 3.50. The zero-order chi connectivity index (χ0) is 22.1. The summed E-state index contributed by atoms with van der Waals surface area (Å²) in [6.45, 7) is 0.964. The predicted molar refractivity (Wildman–Crippen MR) is 115 cm³/mol. The van der Waals surface area contributed by atoms with Crippen LogP contribution in [0, 0.1) is 5.92 Å². The molecular formula is C22H20N6O4. The van der Waals surface area contributed by atoms with Crippen LogP contribution < -0.4 is 10.9 Å². The van der Waals surface area contributed by atoms with Gasteiger partial charge >= 0.3 is 0 Å². The lowest BCUT2D eigenvalue weighted by Crippen LogP contribution is -2.41. The van der Waals surface area contributed by atoms with Crippen LogP contribution in [0.4, 0.5) is 5.69 Å². The number of nitrogens with one attached hydrogen (secondary N) is 2. The molecule has 0 unspecified atom stereocenters. The number of rotatable bonds is 4. The number of para-hydroxylation sites is 2. The Morgan fingerprint density at radius 3 is 2.72 bits per heavy atom. The maximum absolute atomic E-state index is 13.0. The van der Waals surface area contributed by atoms with Gasteiger partial charge in [0, 0.05) is 19.0 Å². The van der Waals surface area contributed by atoms with Crippen molar-refractivity contribution in [3.63, 3.8) is 0 Å². The molecule has 32 heavy (non-hydrogen) atoms. The summed E-state index contributed by atoms with van der Waals surface area (Å²) in [7, 11) is 0. The van der Waals surface area contributed by atoms with Gasteiger partial charge in [0.1, 0.15) is 5.39 Å². The largest absolute Gasteiger partial charge is 0.459 e. The van der Waals surface area contributed by atoms with Crippen LogP contribution in [0.25, 0.3) is 16.7 Å². The molecule has 1 aliphatic heterocycles. The Balaban J connectivity index is 1.31. The monoisotopic (exact) mass is 432 g/mol. The fourth-order valence-corrected chi connectivity index (χ4v) is 3.93. The second-order valence-corrected chi connectivity index (χ2v) is 7.58. The number of hydrogen-bond donors (Lipinski definition) is 2. The lowest BCUT2D eigenvalue weighted by atomic mass is 9.95. The number of carbonyl (C=O) groups is 2. The van der Waals surface area contributed by atoms with Crippen LogP contribution in [0.15, 0.2) is 64.4 Å². The van der Waals surface area contributed by atoms with Crippen molar-refractivity contribution in [3.05, 3.63) is 71.3 Å². The van der Waals surface area contributed by atoms with Crippen molar-refractivity contribution in [1.29, 1.82) is 0 Å². The standard InChI is InChI=1S/C22H20N6O4/c29-20(14-7-9-27(10-8-14)22(31)18-6-3-11-32-18)26-16-4-1-2-5-17(16)28-19-15(12-25-28)21(30)24-13-23-19/h1-6,11-14H,7-10H2,(H,26,29)(H,23,24,30). The Morgan fingerprint density at radius 1 is 1.12 bits per heavy atom. The quantitative estimate of drug-likeness (QED) is 0.509. The average molecular weight is 432 g/mol. The molecule has 0 bridgehead atoms. The number of carbonyl (C=O) groups excluding carboxylic acids is 2. The van der Waals surface area contributed by atoms with Crippen LogP contribution in [0.5, 0.6) is 0 Å². The summed E-state index contributed by atoms with van der Waals surface area (Å²) in [4.78, 5) is 45.8. The number of amides is 2. The van der Waals surface area contributed by atoms with Crippen molar-refractivity contribution in [2.75, 3.05) is 18.4 Å². The van der Waals surface area contributed by atoms with E-state index in [0.29, 0.717) is 54.1 Å². The van der Waals surface area contributed by atoms with Crippen LogP contribution in [-0.2, 0) is 4.79 Å². The molecule has 2 amide bonds. The SMILES string of the molecule is O=C(Nc1ccccc1-n1ncc2c(=O)[nH]cnc21)C1CCN(C(=O)c2ccco2)CC1. The van der Waals surface area contributed by atoms with E-state index in [-0.39, 0.29) is 23.3 Å². The van der Waals surface area contributed by atoms with Crippen molar-refractivity contribution >= 4 is 28.5 Å². The van der Waals surface area contributed by atoms with Gasteiger partial charge in [-0.05, 0) is 37.1 Å². The first-order valence-corrected chi connectivity index (χ1v) is 10.3. The molecule has 0 spiro atoms. The fourth-order valence-electron chi connectivity index (χ4n) is 3.93. The second-order valence-electron chi connectivity index (χ2n) is 7.58. The van der Waals surface area contributed by atoms with E-state index in [1.807, 2.05) is 12.1 Å². The first kappa shape index (κ1) is 19.7. The molecule has 0 radical (unpaired) electrons. The van der Waals surface area contributed by atoms with Gasteiger partial charge < -0.3 is 19.6 Å². The third-order valence-corrected chi connectivity index (χ3v) is 5.65. The van der Waals surface area contributed by atoms with Crippen LogP contribution in [0.1, 0.15) is 23.4 Å². The molecule has 1 aromatic carbocycles. The molecule has 4 heterocycles. The third kappa shape index (κ3) is 3.55. The Labute approximate surface area is 181 Å². The molecule has 162 valence electrons. The van der Waals surface area contributed by atoms with Crippen LogP contribution >= 0.6 is 0 Å². The molecule has 10 heteroatoms. The summed E-state index contributed by atoms with van der Waals surface area (Å²) in [5.41, 5.74) is 1.30. The number of hydrogen-bond acceptors (Lipinski definition) is 6. The van der Waals surface area contributed by atoms with E-state index in [0.717, 1.165) is 0 Å². The van der Waals surface area contributed by atoms with Crippen LogP contribution in [0.2, 0.25) is 0 Å². The summed E-state index contributed by atoms with van der Waals surface area (Å²) in [5, 5.41) is 7.64. The number of nitrogens with zero attached hydrogens (tertiary/aromatic N) is 4. The zero-order valence-corrected chi connectivity index (χ0v) is 17.0. The summed E-state index contributed by atoms with van der Waals surface area (Å²) in [6.07, 6.45) is 5.36. The molecule has 3 aromatic heterocycles. The molecule has 1 fully saturated rings. The Morgan fingerprint density at radius 2 is 1.94 bits per heavy atom. The van der Waals surface area contributed by atoms with Gasteiger partial charge in [0.05, 0.1) is 30.2 Å². The Kier molecular flexibility index (Phi) is 5.02. The summed E-state index contributed by atoms with van der Waals surface area (Å²) < 4.78 is 6.72. The molecule has 0 saturated carbocycles. The highest BCUT2D eigenvalue weighted by Crippen LogP contribution is 2.25.